The molecule has 102 valence electrons. The quantitative estimate of drug-likeness (QED) is 0.810. The zero-order chi connectivity index (χ0) is 13.5. The van der Waals surface area contributed by atoms with Crippen molar-refractivity contribution in [3.8, 4) is 6.01 Å². The molecule has 0 spiro atoms. The van der Waals surface area contributed by atoms with Crippen molar-refractivity contribution < 1.29 is 4.74 Å². The molecule has 0 saturated carbocycles. The van der Waals surface area contributed by atoms with E-state index in [0.717, 1.165) is 6.42 Å². The molecule has 2 heterocycles. The van der Waals surface area contributed by atoms with Gasteiger partial charge in [-0.15, -0.1) is 11.3 Å². The summed E-state index contributed by atoms with van der Waals surface area (Å²) in [6.07, 6.45) is 0.915. The summed E-state index contributed by atoms with van der Waals surface area (Å²) in [6.45, 7) is 3.33. The van der Waals surface area contributed by atoms with Gasteiger partial charge in [-0.1, -0.05) is 13.0 Å². The second-order valence-corrected chi connectivity index (χ2v) is 4.83. The van der Waals surface area contributed by atoms with Gasteiger partial charge in [0.05, 0.1) is 13.2 Å². The molecule has 0 amide bonds. The molecule has 2 aromatic rings. The van der Waals surface area contributed by atoms with E-state index in [9.17, 15) is 0 Å². The van der Waals surface area contributed by atoms with Crippen LogP contribution in [0, 0.1) is 0 Å². The lowest BCUT2D eigenvalue weighted by molar-refractivity contribution is 0.292. The van der Waals surface area contributed by atoms with Crippen LogP contribution in [0.4, 0.5) is 11.9 Å². The average molecular weight is 279 g/mol. The molecule has 0 aliphatic rings. The first kappa shape index (κ1) is 13.5. The molecular formula is C12H17N5OS. The first-order valence-electron chi connectivity index (χ1n) is 6.14. The van der Waals surface area contributed by atoms with E-state index in [4.69, 9.17) is 4.74 Å². The van der Waals surface area contributed by atoms with Gasteiger partial charge in [-0.05, 0) is 17.9 Å². The Morgan fingerprint density at radius 2 is 2.11 bits per heavy atom. The van der Waals surface area contributed by atoms with Crippen LogP contribution in [-0.2, 0) is 6.54 Å². The Balaban J connectivity index is 2.05. The van der Waals surface area contributed by atoms with Gasteiger partial charge in [0.15, 0.2) is 0 Å². The van der Waals surface area contributed by atoms with Crippen LogP contribution in [-0.4, -0.2) is 28.6 Å². The Bertz CT molecular complexity index is 503. The number of rotatable bonds is 7. The van der Waals surface area contributed by atoms with Crippen LogP contribution in [0.5, 0.6) is 6.01 Å². The van der Waals surface area contributed by atoms with Gasteiger partial charge in [0, 0.05) is 11.9 Å². The van der Waals surface area contributed by atoms with Crippen molar-refractivity contribution in [2.24, 2.45) is 0 Å². The van der Waals surface area contributed by atoms with Gasteiger partial charge in [0.25, 0.3) is 0 Å². The van der Waals surface area contributed by atoms with Gasteiger partial charge >= 0.3 is 6.01 Å². The highest BCUT2D eigenvalue weighted by Gasteiger charge is 2.06. The number of anilines is 2. The van der Waals surface area contributed by atoms with E-state index in [1.165, 1.54) is 4.88 Å². The van der Waals surface area contributed by atoms with E-state index in [1.54, 1.807) is 18.4 Å². The van der Waals surface area contributed by atoms with E-state index in [1.807, 2.05) is 18.4 Å². The minimum Gasteiger partial charge on any atom is -0.463 e. The lowest BCUT2D eigenvalue weighted by Crippen LogP contribution is -2.09. The summed E-state index contributed by atoms with van der Waals surface area (Å²) in [7, 11) is 1.77. The molecule has 0 bridgehead atoms. The van der Waals surface area contributed by atoms with Gasteiger partial charge in [0.2, 0.25) is 11.9 Å². The van der Waals surface area contributed by atoms with Crippen molar-refractivity contribution in [2.75, 3.05) is 24.3 Å². The van der Waals surface area contributed by atoms with Gasteiger partial charge in [-0.3, -0.25) is 0 Å². The van der Waals surface area contributed by atoms with E-state index < -0.39 is 0 Å². The number of hydrogen-bond donors (Lipinski definition) is 2. The third kappa shape index (κ3) is 4.06. The van der Waals surface area contributed by atoms with Gasteiger partial charge in [0.1, 0.15) is 0 Å². The van der Waals surface area contributed by atoms with Crippen molar-refractivity contribution in [2.45, 2.75) is 19.9 Å². The predicted octanol–water partition coefficient (Wildman–Crippen LogP) is 2.38. The maximum Gasteiger partial charge on any atom is 0.323 e. The van der Waals surface area contributed by atoms with Crippen LogP contribution in [0.15, 0.2) is 17.5 Å². The van der Waals surface area contributed by atoms with Gasteiger partial charge in [-0.25, -0.2) is 0 Å². The summed E-state index contributed by atoms with van der Waals surface area (Å²) in [5.41, 5.74) is 0. The number of nitrogens with zero attached hydrogens (tertiary/aromatic N) is 3. The van der Waals surface area contributed by atoms with Crippen LogP contribution in [0.2, 0.25) is 0 Å². The Kier molecular flexibility index (Phi) is 4.91. The maximum atomic E-state index is 5.44. The van der Waals surface area contributed by atoms with E-state index in [-0.39, 0.29) is 0 Å². The zero-order valence-corrected chi connectivity index (χ0v) is 11.8. The fourth-order valence-electron chi connectivity index (χ4n) is 1.38. The highest BCUT2D eigenvalue weighted by atomic mass is 32.1. The Labute approximate surface area is 116 Å². The van der Waals surface area contributed by atoms with Gasteiger partial charge in [-0.2, -0.15) is 15.0 Å². The standard InChI is InChI=1S/C12H17N5OS/c1-3-6-18-12-16-10(13-2)15-11(17-12)14-8-9-5-4-7-19-9/h4-5,7H,3,6,8H2,1-2H3,(H2,13,14,15,16,17). The molecule has 0 radical (unpaired) electrons. The van der Waals surface area contributed by atoms with Crippen LogP contribution >= 0.6 is 11.3 Å². The summed E-state index contributed by atoms with van der Waals surface area (Å²) in [6, 6.07) is 4.42. The fraction of sp³-hybridized carbons (Fsp3) is 0.417. The molecule has 0 fully saturated rings. The van der Waals surface area contributed by atoms with Crippen LogP contribution < -0.4 is 15.4 Å². The number of hydrogen-bond acceptors (Lipinski definition) is 7. The predicted molar refractivity (Wildman–Crippen MR) is 76.8 cm³/mol. The summed E-state index contributed by atoms with van der Waals surface area (Å²) >= 11 is 1.69. The Morgan fingerprint density at radius 1 is 1.26 bits per heavy atom. The normalized spacial score (nSPS) is 10.2. The SMILES string of the molecule is CCCOc1nc(NC)nc(NCc2cccs2)n1. The number of ether oxygens (including phenoxy) is 1. The fourth-order valence-corrected chi connectivity index (χ4v) is 2.03. The smallest absolute Gasteiger partial charge is 0.323 e. The first-order chi connectivity index (χ1) is 9.31. The third-order valence-corrected chi connectivity index (χ3v) is 3.15. The highest BCUT2D eigenvalue weighted by Crippen LogP contribution is 2.14. The van der Waals surface area contributed by atoms with E-state index in [0.29, 0.717) is 31.1 Å². The van der Waals surface area contributed by atoms with Crippen molar-refractivity contribution >= 4 is 23.2 Å². The average Bonchev–Trinajstić information content (AvgIpc) is 2.96. The van der Waals surface area contributed by atoms with Crippen molar-refractivity contribution in [3.05, 3.63) is 22.4 Å². The minimum absolute atomic E-state index is 0.342. The second-order valence-electron chi connectivity index (χ2n) is 3.80. The molecule has 2 N–H and O–H groups in total. The third-order valence-electron chi connectivity index (χ3n) is 2.27. The van der Waals surface area contributed by atoms with Gasteiger partial charge < -0.3 is 15.4 Å². The van der Waals surface area contributed by atoms with Crippen molar-refractivity contribution in [1.29, 1.82) is 0 Å². The summed E-state index contributed by atoms with van der Waals surface area (Å²) < 4.78 is 5.44. The molecule has 0 aliphatic carbocycles. The molecular weight excluding hydrogens is 262 g/mol. The number of nitrogens with one attached hydrogen (secondary N) is 2. The molecule has 2 aromatic heterocycles. The van der Waals surface area contributed by atoms with Crippen LogP contribution in [0.1, 0.15) is 18.2 Å². The molecule has 0 unspecified atom stereocenters. The summed E-state index contributed by atoms with van der Waals surface area (Å²) in [5.74, 6) is 1.01. The molecule has 0 aliphatic heterocycles. The molecule has 0 aromatic carbocycles. The Morgan fingerprint density at radius 3 is 2.79 bits per heavy atom. The maximum absolute atomic E-state index is 5.44. The van der Waals surface area contributed by atoms with Crippen LogP contribution in [0.25, 0.3) is 0 Å². The highest BCUT2D eigenvalue weighted by molar-refractivity contribution is 7.09. The van der Waals surface area contributed by atoms with E-state index in [2.05, 4.69) is 31.7 Å². The number of aromatic nitrogens is 3. The van der Waals surface area contributed by atoms with Crippen molar-refractivity contribution in [3.63, 3.8) is 0 Å². The topological polar surface area (TPSA) is 72.0 Å². The largest absolute Gasteiger partial charge is 0.463 e. The Hall–Kier alpha value is -1.89. The summed E-state index contributed by atoms with van der Waals surface area (Å²) in [4.78, 5) is 13.8. The summed E-state index contributed by atoms with van der Waals surface area (Å²) in [5, 5.41) is 8.11. The number of thiophene rings is 1. The molecule has 6 nitrogen and oxygen atoms in total. The lowest BCUT2D eigenvalue weighted by Gasteiger charge is -2.08. The molecule has 0 saturated heterocycles. The minimum atomic E-state index is 0.342. The molecule has 2 rings (SSSR count). The molecule has 0 atom stereocenters. The zero-order valence-electron chi connectivity index (χ0n) is 11.0. The molecule has 7 heteroatoms. The first-order valence-corrected chi connectivity index (χ1v) is 7.02. The van der Waals surface area contributed by atoms with Crippen molar-refractivity contribution in [1.82, 2.24) is 15.0 Å². The molecule has 19 heavy (non-hydrogen) atoms. The second kappa shape index (κ2) is 6.89. The van der Waals surface area contributed by atoms with Crippen LogP contribution in [0.3, 0.4) is 0 Å². The van der Waals surface area contributed by atoms with E-state index >= 15 is 0 Å². The monoisotopic (exact) mass is 279 g/mol. The lowest BCUT2D eigenvalue weighted by atomic mass is 10.5.